The van der Waals surface area contributed by atoms with Gasteiger partial charge in [0.25, 0.3) is 0 Å². The summed E-state index contributed by atoms with van der Waals surface area (Å²) in [4.78, 5) is 12.3. The molecule has 0 N–H and O–H groups in total. The molecule has 32 heavy (non-hydrogen) atoms. The second-order valence-electron chi connectivity index (χ2n) is 7.34. The van der Waals surface area contributed by atoms with Crippen LogP contribution in [0, 0.1) is 0 Å². The van der Waals surface area contributed by atoms with Crippen LogP contribution < -0.4 is 28.3 Å². The predicted molar refractivity (Wildman–Crippen MR) is 128 cm³/mol. The molecule has 4 aromatic rings. The van der Waals surface area contributed by atoms with Crippen LogP contribution in [-0.4, -0.2) is 22.4 Å². The van der Waals surface area contributed by atoms with Crippen molar-refractivity contribution in [3.05, 3.63) is 108 Å². The molecule has 4 nitrogen and oxygen atoms in total. The number of carbonyl (C=O) groups excluding carboxylic acids is 1. The van der Waals surface area contributed by atoms with Gasteiger partial charge in [-0.3, -0.25) is 4.68 Å². The molecule has 3 aromatic carbocycles. The molecule has 0 saturated heterocycles. The van der Waals surface area contributed by atoms with Gasteiger partial charge in [-0.1, -0.05) is 54.6 Å². The predicted octanol–water partition coefficient (Wildman–Crippen LogP) is 1.09. The van der Waals surface area contributed by atoms with Crippen LogP contribution in [0.4, 0.5) is 0 Å². The Morgan fingerprint density at radius 1 is 0.844 bits per heavy atom. The fourth-order valence-corrected chi connectivity index (χ4v) is 8.24. The first-order valence-corrected chi connectivity index (χ1v) is 12.4. The standard InChI is InChI=1S/C26H26N2O2P.ClH/c1-3-30-26(29)25-19-21(28(2)27-25)20-31(22-13-7-4-8-14-22,23-15-9-5-10-16-23)24-17-11-6-12-18-24;/h4-19H,3,20H2,1-2H3;1H/q+1;/p-1. The van der Waals surface area contributed by atoms with E-state index in [4.69, 9.17) is 4.74 Å². The number of aryl methyl sites for hydroxylation is 1. The minimum atomic E-state index is -2.05. The van der Waals surface area contributed by atoms with Crippen molar-refractivity contribution in [1.29, 1.82) is 0 Å². The van der Waals surface area contributed by atoms with Gasteiger partial charge in [0.1, 0.15) is 29.3 Å². The molecule has 1 aromatic heterocycles. The number of rotatable bonds is 7. The minimum absolute atomic E-state index is 0. The Bertz CT molecular complexity index is 1050. The van der Waals surface area contributed by atoms with Gasteiger partial charge in [0, 0.05) is 7.05 Å². The average Bonchev–Trinajstić information content (AvgIpc) is 3.19. The third kappa shape index (κ3) is 4.62. The number of halogens is 1. The Labute approximate surface area is 196 Å². The largest absolute Gasteiger partial charge is 1.00 e. The monoisotopic (exact) mass is 464 g/mol. The number of carbonyl (C=O) groups is 1. The lowest BCUT2D eigenvalue weighted by Gasteiger charge is -2.27. The van der Waals surface area contributed by atoms with Crippen molar-refractivity contribution in [2.75, 3.05) is 6.61 Å². The maximum atomic E-state index is 12.3. The van der Waals surface area contributed by atoms with Crippen LogP contribution in [0.3, 0.4) is 0 Å². The molecule has 0 unspecified atom stereocenters. The molecule has 1 heterocycles. The second-order valence-corrected chi connectivity index (χ2v) is 10.8. The van der Waals surface area contributed by atoms with Gasteiger partial charge in [-0.15, -0.1) is 0 Å². The van der Waals surface area contributed by atoms with Gasteiger partial charge >= 0.3 is 5.97 Å². The molecule has 0 fully saturated rings. The van der Waals surface area contributed by atoms with Crippen LogP contribution in [0.1, 0.15) is 23.1 Å². The lowest BCUT2D eigenvalue weighted by Crippen LogP contribution is -3.00. The molecule has 0 aliphatic heterocycles. The molecule has 4 rings (SSSR count). The smallest absolute Gasteiger partial charge is 0.358 e. The van der Waals surface area contributed by atoms with E-state index in [1.807, 2.05) is 17.8 Å². The van der Waals surface area contributed by atoms with E-state index in [0.717, 1.165) is 11.9 Å². The maximum Gasteiger partial charge on any atom is 0.358 e. The first-order valence-electron chi connectivity index (χ1n) is 10.4. The summed E-state index contributed by atoms with van der Waals surface area (Å²) in [7, 11) is -0.151. The first-order chi connectivity index (χ1) is 15.1. The van der Waals surface area contributed by atoms with Crippen molar-refractivity contribution < 1.29 is 21.9 Å². The summed E-state index contributed by atoms with van der Waals surface area (Å²) in [6.07, 6.45) is 0.758. The first kappa shape index (κ1) is 23.7. The van der Waals surface area contributed by atoms with Crippen LogP contribution in [0.15, 0.2) is 97.1 Å². The summed E-state index contributed by atoms with van der Waals surface area (Å²) in [5, 5.41) is 8.35. The molecule has 0 atom stereocenters. The molecule has 0 bridgehead atoms. The third-order valence-electron chi connectivity index (χ3n) is 5.45. The van der Waals surface area contributed by atoms with Crippen LogP contribution in [0.5, 0.6) is 0 Å². The van der Waals surface area contributed by atoms with Crippen molar-refractivity contribution in [2.45, 2.75) is 13.1 Å². The van der Waals surface area contributed by atoms with Gasteiger partial charge in [-0.05, 0) is 49.4 Å². The SMILES string of the molecule is CCOC(=O)c1cc(C[P+](c2ccccc2)(c2ccccc2)c2ccccc2)n(C)n1.[Cl-]. The van der Waals surface area contributed by atoms with Gasteiger partial charge in [0.15, 0.2) is 5.69 Å². The lowest BCUT2D eigenvalue weighted by molar-refractivity contribution is -0.0000241. The molecule has 0 aliphatic rings. The molecular weight excluding hydrogens is 439 g/mol. The lowest BCUT2D eigenvalue weighted by atomic mass is 10.3. The fourth-order valence-electron chi connectivity index (χ4n) is 3.97. The highest BCUT2D eigenvalue weighted by atomic mass is 35.5. The van der Waals surface area contributed by atoms with Crippen molar-refractivity contribution in [2.24, 2.45) is 7.05 Å². The zero-order chi connectivity index (χ0) is 21.7. The molecular formula is C26H26ClN2O2P. The molecule has 0 radical (unpaired) electrons. The summed E-state index contributed by atoms with van der Waals surface area (Å²) in [5.41, 5.74) is 1.36. The second kappa shape index (κ2) is 10.6. The highest BCUT2D eigenvalue weighted by Crippen LogP contribution is 2.58. The number of aromatic nitrogens is 2. The van der Waals surface area contributed by atoms with E-state index in [1.165, 1.54) is 15.9 Å². The van der Waals surface area contributed by atoms with Gasteiger partial charge < -0.3 is 17.1 Å². The van der Waals surface area contributed by atoms with Crippen molar-refractivity contribution >= 4 is 29.1 Å². The topological polar surface area (TPSA) is 44.1 Å². The summed E-state index contributed by atoms with van der Waals surface area (Å²) in [6, 6.07) is 33.9. The van der Waals surface area contributed by atoms with E-state index in [0.29, 0.717) is 12.3 Å². The Kier molecular flexibility index (Phi) is 7.84. The zero-order valence-corrected chi connectivity index (χ0v) is 19.8. The highest BCUT2D eigenvalue weighted by Gasteiger charge is 2.46. The Morgan fingerprint density at radius 2 is 1.28 bits per heavy atom. The van der Waals surface area contributed by atoms with Gasteiger partial charge in [0.2, 0.25) is 0 Å². The zero-order valence-electron chi connectivity index (χ0n) is 18.2. The van der Waals surface area contributed by atoms with E-state index in [2.05, 4.69) is 96.1 Å². The van der Waals surface area contributed by atoms with E-state index >= 15 is 0 Å². The summed E-state index contributed by atoms with van der Waals surface area (Å²) >= 11 is 0. The number of ether oxygens (including phenoxy) is 1. The van der Waals surface area contributed by atoms with Gasteiger partial charge in [-0.25, -0.2) is 4.79 Å². The minimum Gasteiger partial charge on any atom is -1.00 e. The molecule has 0 amide bonds. The Hall–Kier alpha value is -2.94. The number of hydrogen-bond donors (Lipinski definition) is 0. The van der Waals surface area contributed by atoms with Crippen LogP contribution in [0.2, 0.25) is 0 Å². The summed E-state index contributed by atoms with van der Waals surface area (Å²) < 4.78 is 6.99. The third-order valence-corrected chi connectivity index (χ3v) is 9.79. The normalized spacial score (nSPS) is 10.9. The molecule has 0 spiro atoms. The Morgan fingerprint density at radius 3 is 1.69 bits per heavy atom. The number of hydrogen-bond acceptors (Lipinski definition) is 3. The highest BCUT2D eigenvalue weighted by molar-refractivity contribution is 7.95. The number of benzene rings is 3. The van der Waals surface area contributed by atoms with E-state index in [1.54, 1.807) is 6.92 Å². The molecule has 6 heteroatoms. The van der Waals surface area contributed by atoms with Crippen molar-refractivity contribution in [1.82, 2.24) is 9.78 Å². The van der Waals surface area contributed by atoms with E-state index in [9.17, 15) is 4.79 Å². The molecule has 0 aliphatic carbocycles. The van der Waals surface area contributed by atoms with Crippen LogP contribution >= 0.6 is 7.26 Å². The summed E-state index contributed by atoms with van der Waals surface area (Å²) in [5.74, 6) is -0.382. The quantitative estimate of drug-likeness (QED) is 0.304. The van der Waals surface area contributed by atoms with Crippen LogP contribution in [0.25, 0.3) is 0 Å². The number of esters is 1. The average molecular weight is 465 g/mol. The summed E-state index contributed by atoms with van der Waals surface area (Å²) in [6.45, 7) is 2.14. The Balaban J connectivity index is 0.00000289. The van der Waals surface area contributed by atoms with Gasteiger partial charge in [0.05, 0.1) is 12.3 Å². The molecule has 0 saturated carbocycles. The number of nitrogens with zero attached hydrogens (tertiary/aromatic N) is 2. The van der Waals surface area contributed by atoms with E-state index < -0.39 is 7.26 Å². The van der Waals surface area contributed by atoms with Crippen molar-refractivity contribution in [3.8, 4) is 0 Å². The van der Waals surface area contributed by atoms with Gasteiger partial charge in [-0.2, -0.15) is 5.10 Å². The van der Waals surface area contributed by atoms with Crippen LogP contribution in [-0.2, 0) is 17.9 Å². The fraction of sp³-hybridized carbons (Fsp3) is 0.154. The van der Waals surface area contributed by atoms with E-state index in [-0.39, 0.29) is 18.4 Å². The van der Waals surface area contributed by atoms with Crippen molar-refractivity contribution in [3.63, 3.8) is 0 Å². The molecule has 164 valence electrons. The maximum absolute atomic E-state index is 12.3.